The summed E-state index contributed by atoms with van der Waals surface area (Å²) in [4.78, 5) is 22.4. The van der Waals surface area contributed by atoms with E-state index in [1.165, 1.54) is 0 Å². The minimum Gasteiger partial charge on any atom is -0.444 e. The highest BCUT2D eigenvalue weighted by Gasteiger charge is 2.34. The Hall–Kier alpha value is -1.96. The number of aromatic nitrogens is 2. The molecule has 0 bridgehead atoms. The highest BCUT2D eigenvalue weighted by atomic mass is 16.6. The molecule has 0 radical (unpaired) electrons. The van der Waals surface area contributed by atoms with Crippen molar-refractivity contribution < 1.29 is 14.3 Å². The molecule has 0 aliphatic carbocycles. The van der Waals surface area contributed by atoms with E-state index in [0.717, 1.165) is 5.69 Å². The zero-order valence-corrected chi connectivity index (χ0v) is 14.2. The molecule has 0 saturated carbocycles. The first-order chi connectivity index (χ1) is 10.7. The van der Waals surface area contributed by atoms with E-state index in [0.29, 0.717) is 13.0 Å². The number of amides is 1. The maximum atomic E-state index is 11.7. The molecule has 2 rings (SSSR count). The molecule has 1 aromatic heterocycles. The molecule has 0 aromatic carbocycles. The zero-order chi connectivity index (χ0) is 17.2. The van der Waals surface area contributed by atoms with Crippen LogP contribution in [0.3, 0.4) is 0 Å². The number of nitrogens with one attached hydrogen (secondary N) is 1. The van der Waals surface area contributed by atoms with Crippen molar-refractivity contribution in [1.82, 2.24) is 15.1 Å². The summed E-state index contributed by atoms with van der Waals surface area (Å²) in [7, 11) is 0. The average molecular weight is 324 g/mol. The molecule has 0 spiro atoms. The summed E-state index contributed by atoms with van der Waals surface area (Å²) in [6, 6.07) is 1.64. The van der Waals surface area contributed by atoms with Crippen LogP contribution in [0.15, 0.2) is 11.2 Å². The SMILES string of the molecule is CC(C)NC(=O)OC1COC(c2cc(N=O)nn2C(C)(C)C)C1. The minimum atomic E-state index is -0.450. The lowest BCUT2D eigenvalue weighted by Crippen LogP contribution is -2.33. The number of carbonyl (C=O) groups is 1. The molecule has 8 nitrogen and oxygen atoms in total. The monoisotopic (exact) mass is 324 g/mol. The van der Waals surface area contributed by atoms with Gasteiger partial charge in [0.1, 0.15) is 12.2 Å². The second-order valence-corrected chi connectivity index (χ2v) is 6.99. The fourth-order valence-electron chi connectivity index (χ4n) is 2.50. The van der Waals surface area contributed by atoms with Crippen LogP contribution in [0, 0.1) is 4.91 Å². The van der Waals surface area contributed by atoms with Crippen LogP contribution in [0.1, 0.15) is 52.8 Å². The van der Waals surface area contributed by atoms with Gasteiger partial charge >= 0.3 is 6.09 Å². The number of carbonyl (C=O) groups excluding carboxylic acids is 1. The molecule has 1 aliphatic rings. The summed E-state index contributed by atoms with van der Waals surface area (Å²) in [5, 5.41) is 9.79. The van der Waals surface area contributed by atoms with Crippen LogP contribution in [0.2, 0.25) is 0 Å². The number of alkyl carbamates (subject to hydrolysis) is 1. The van der Waals surface area contributed by atoms with Crippen LogP contribution in [-0.4, -0.2) is 34.6 Å². The summed E-state index contributed by atoms with van der Waals surface area (Å²) in [6.45, 7) is 10.00. The van der Waals surface area contributed by atoms with E-state index < -0.39 is 6.09 Å². The summed E-state index contributed by atoms with van der Waals surface area (Å²) in [6.07, 6.45) is -0.538. The smallest absolute Gasteiger partial charge is 0.407 e. The van der Waals surface area contributed by atoms with E-state index in [2.05, 4.69) is 15.6 Å². The van der Waals surface area contributed by atoms with Gasteiger partial charge in [-0.25, -0.2) is 4.79 Å². The molecule has 1 fully saturated rings. The normalized spacial score (nSPS) is 21.5. The first-order valence-corrected chi connectivity index (χ1v) is 7.73. The lowest BCUT2D eigenvalue weighted by molar-refractivity contribution is 0.0657. The van der Waals surface area contributed by atoms with Crippen LogP contribution in [0.5, 0.6) is 0 Å². The molecule has 2 unspecified atom stereocenters. The first kappa shape index (κ1) is 17.4. The second kappa shape index (κ2) is 6.66. The minimum absolute atomic E-state index is 0.0177. The quantitative estimate of drug-likeness (QED) is 0.859. The number of hydrogen-bond acceptors (Lipinski definition) is 6. The van der Waals surface area contributed by atoms with Crippen LogP contribution in [-0.2, 0) is 15.0 Å². The summed E-state index contributed by atoms with van der Waals surface area (Å²) in [5.74, 6) is 0.125. The van der Waals surface area contributed by atoms with E-state index in [9.17, 15) is 9.70 Å². The molecule has 1 N–H and O–H groups in total. The molecule has 2 heterocycles. The lowest BCUT2D eigenvalue weighted by atomic mass is 10.1. The molecule has 1 saturated heterocycles. The largest absolute Gasteiger partial charge is 0.444 e. The third-order valence-electron chi connectivity index (χ3n) is 3.42. The van der Waals surface area contributed by atoms with Crippen molar-refractivity contribution >= 4 is 11.9 Å². The Labute approximate surface area is 135 Å². The zero-order valence-electron chi connectivity index (χ0n) is 14.2. The van der Waals surface area contributed by atoms with Gasteiger partial charge in [0, 0.05) is 18.5 Å². The van der Waals surface area contributed by atoms with E-state index in [4.69, 9.17) is 9.47 Å². The molecular weight excluding hydrogens is 300 g/mol. The lowest BCUT2D eigenvalue weighted by Gasteiger charge is -2.24. The summed E-state index contributed by atoms with van der Waals surface area (Å²) >= 11 is 0. The van der Waals surface area contributed by atoms with Gasteiger partial charge in [-0.1, -0.05) is 0 Å². The summed E-state index contributed by atoms with van der Waals surface area (Å²) < 4.78 is 12.8. The Morgan fingerprint density at radius 2 is 2.22 bits per heavy atom. The Bertz CT molecular complexity index is 577. The van der Waals surface area contributed by atoms with E-state index in [1.54, 1.807) is 10.7 Å². The van der Waals surface area contributed by atoms with E-state index in [-0.39, 0.29) is 29.6 Å². The predicted octanol–water partition coefficient (Wildman–Crippen LogP) is 3.00. The fraction of sp³-hybridized carbons (Fsp3) is 0.733. The number of ether oxygens (including phenoxy) is 2. The van der Waals surface area contributed by atoms with Gasteiger partial charge in [0.15, 0.2) is 0 Å². The van der Waals surface area contributed by atoms with E-state index >= 15 is 0 Å². The van der Waals surface area contributed by atoms with Gasteiger partial charge < -0.3 is 14.8 Å². The topological polar surface area (TPSA) is 94.8 Å². The van der Waals surface area contributed by atoms with Gasteiger partial charge in [-0.2, -0.15) is 0 Å². The number of nitrogens with zero attached hydrogens (tertiary/aromatic N) is 3. The maximum Gasteiger partial charge on any atom is 0.407 e. The van der Waals surface area contributed by atoms with Gasteiger partial charge in [0.2, 0.25) is 5.82 Å². The van der Waals surface area contributed by atoms with Gasteiger partial charge in [-0.05, 0) is 39.8 Å². The van der Waals surface area contributed by atoms with Crippen molar-refractivity contribution in [3.8, 4) is 0 Å². The third-order valence-corrected chi connectivity index (χ3v) is 3.42. The van der Waals surface area contributed by atoms with E-state index in [1.807, 2.05) is 34.6 Å². The molecule has 1 amide bonds. The van der Waals surface area contributed by atoms with Gasteiger partial charge in [0.25, 0.3) is 0 Å². The van der Waals surface area contributed by atoms with Crippen molar-refractivity contribution in [3.63, 3.8) is 0 Å². The predicted molar refractivity (Wildman–Crippen MR) is 84.5 cm³/mol. The molecule has 2 atom stereocenters. The third kappa shape index (κ3) is 4.28. The van der Waals surface area contributed by atoms with Gasteiger partial charge in [-0.3, -0.25) is 4.68 Å². The number of rotatable bonds is 4. The molecule has 8 heteroatoms. The molecule has 23 heavy (non-hydrogen) atoms. The van der Waals surface area contributed by atoms with Gasteiger partial charge in [0.05, 0.1) is 17.8 Å². The Morgan fingerprint density at radius 3 is 2.78 bits per heavy atom. The molecule has 128 valence electrons. The average Bonchev–Trinajstić information content (AvgIpc) is 3.02. The highest BCUT2D eigenvalue weighted by Crippen LogP contribution is 2.34. The van der Waals surface area contributed by atoms with Crippen molar-refractivity contribution in [2.45, 2.75) is 64.8 Å². The van der Waals surface area contributed by atoms with Crippen molar-refractivity contribution in [1.29, 1.82) is 0 Å². The highest BCUT2D eigenvalue weighted by molar-refractivity contribution is 5.67. The van der Waals surface area contributed by atoms with Crippen LogP contribution < -0.4 is 5.32 Å². The Morgan fingerprint density at radius 1 is 1.52 bits per heavy atom. The van der Waals surface area contributed by atoms with Gasteiger partial charge in [-0.15, -0.1) is 10.0 Å². The maximum absolute atomic E-state index is 11.7. The first-order valence-electron chi connectivity index (χ1n) is 7.73. The Kier molecular flexibility index (Phi) is 5.03. The summed E-state index contributed by atoms with van der Waals surface area (Å²) in [5.41, 5.74) is 0.456. The Balaban J connectivity index is 2.08. The second-order valence-electron chi connectivity index (χ2n) is 6.99. The molecule has 1 aliphatic heterocycles. The van der Waals surface area contributed by atoms with Crippen molar-refractivity contribution in [2.24, 2.45) is 5.18 Å². The standard InChI is InChI=1S/C15H24N4O4/c1-9(2)16-14(20)23-10-6-12(22-8-10)11-7-13(18-21)17-19(11)15(3,4)5/h7,9-10,12H,6,8H2,1-5H3,(H,16,20). The van der Waals surface area contributed by atoms with Crippen LogP contribution >= 0.6 is 0 Å². The molecular formula is C15H24N4O4. The van der Waals surface area contributed by atoms with Crippen molar-refractivity contribution in [3.05, 3.63) is 16.7 Å². The van der Waals surface area contributed by atoms with Crippen LogP contribution in [0.4, 0.5) is 10.6 Å². The van der Waals surface area contributed by atoms with Crippen LogP contribution in [0.25, 0.3) is 0 Å². The fourth-order valence-corrected chi connectivity index (χ4v) is 2.50. The number of hydrogen-bond donors (Lipinski definition) is 1. The number of nitroso groups, excluding NO2 is 1. The van der Waals surface area contributed by atoms with Crippen molar-refractivity contribution in [2.75, 3.05) is 6.61 Å². The molecule has 1 aromatic rings.